The van der Waals surface area contributed by atoms with Gasteiger partial charge in [0.15, 0.2) is 5.84 Å². The van der Waals surface area contributed by atoms with Gasteiger partial charge in [-0.2, -0.15) is 5.10 Å². The molecule has 0 saturated carbocycles. The van der Waals surface area contributed by atoms with Crippen molar-refractivity contribution in [2.24, 2.45) is 11.0 Å². The van der Waals surface area contributed by atoms with Crippen molar-refractivity contribution >= 4 is 11.8 Å². The summed E-state index contributed by atoms with van der Waals surface area (Å²) in [6, 6.07) is 6.29. The zero-order chi connectivity index (χ0) is 26.8. The van der Waals surface area contributed by atoms with E-state index in [-0.39, 0.29) is 18.5 Å². The second-order valence-electron chi connectivity index (χ2n) is 8.95. The van der Waals surface area contributed by atoms with Crippen LogP contribution in [-0.4, -0.2) is 46.6 Å². The molecule has 0 aliphatic carbocycles. The lowest BCUT2D eigenvalue weighted by Crippen LogP contribution is -2.35. The van der Waals surface area contributed by atoms with Crippen molar-refractivity contribution in [3.05, 3.63) is 82.8 Å². The second kappa shape index (κ2) is 13.4. The highest BCUT2D eigenvalue weighted by Gasteiger charge is 2.29. The van der Waals surface area contributed by atoms with Crippen LogP contribution in [0.25, 0.3) is 0 Å². The Hall–Kier alpha value is -3.72. The number of hydrogen-bond acceptors (Lipinski definition) is 5. The first-order valence-electron chi connectivity index (χ1n) is 12.3. The number of hydrazone groups is 1. The highest BCUT2D eigenvalue weighted by Crippen LogP contribution is 2.25. The molecule has 0 amide bonds. The second-order valence-corrected chi connectivity index (χ2v) is 8.95. The van der Waals surface area contributed by atoms with E-state index in [2.05, 4.69) is 69.3 Å². The molecule has 0 spiro atoms. The number of rotatable bonds is 11. The molecule has 36 heavy (non-hydrogen) atoms. The Bertz CT molecular complexity index is 1130. The Morgan fingerprint density at radius 2 is 1.97 bits per heavy atom. The zero-order valence-electron chi connectivity index (χ0n) is 22.6. The molecule has 6 heteroatoms. The Morgan fingerprint density at radius 1 is 1.31 bits per heavy atom. The largest absolute Gasteiger partial charge is 0.493 e. The molecule has 1 heterocycles. The van der Waals surface area contributed by atoms with Crippen molar-refractivity contribution < 1.29 is 14.6 Å². The zero-order valence-corrected chi connectivity index (χ0v) is 22.6. The molecule has 1 aliphatic heterocycles. The summed E-state index contributed by atoms with van der Waals surface area (Å²) in [5.74, 6) is 6.35. The number of carboxylic acids is 1. The summed E-state index contributed by atoms with van der Waals surface area (Å²) < 4.78 is 6.07. The molecule has 1 aromatic carbocycles. The quantitative estimate of drug-likeness (QED) is 0.235. The number of allylic oxidation sites excluding steroid dienone is 4. The van der Waals surface area contributed by atoms with Crippen LogP contribution in [0.4, 0.5) is 0 Å². The molecule has 0 fully saturated rings. The highest BCUT2D eigenvalue weighted by molar-refractivity contribution is 6.02. The molecule has 1 unspecified atom stereocenters. The molecular formula is C30H39N3O3. The minimum absolute atomic E-state index is 0.0182. The van der Waals surface area contributed by atoms with Gasteiger partial charge in [-0.15, -0.1) is 5.92 Å². The molecule has 1 N–H and O–H groups in total. The summed E-state index contributed by atoms with van der Waals surface area (Å²) in [4.78, 5) is 13.3. The fourth-order valence-electron chi connectivity index (χ4n) is 3.93. The van der Waals surface area contributed by atoms with Gasteiger partial charge in [0.05, 0.1) is 18.1 Å². The van der Waals surface area contributed by atoms with Crippen LogP contribution in [0.15, 0.2) is 71.2 Å². The van der Waals surface area contributed by atoms with Gasteiger partial charge in [-0.1, -0.05) is 55.3 Å². The first-order valence-corrected chi connectivity index (χ1v) is 12.3. The number of ether oxygens (including phenoxy) is 1. The van der Waals surface area contributed by atoms with Crippen LogP contribution in [0, 0.1) is 31.6 Å². The van der Waals surface area contributed by atoms with E-state index in [4.69, 9.17) is 14.9 Å². The van der Waals surface area contributed by atoms with Crippen LogP contribution in [-0.2, 0) is 9.53 Å². The van der Waals surface area contributed by atoms with Gasteiger partial charge in [0.2, 0.25) is 0 Å². The molecule has 0 bridgehead atoms. The van der Waals surface area contributed by atoms with Gasteiger partial charge in [0.1, 0.15) is 12.8 Å². The number of hydrogen-bond donors (Lipinski definition) is 1. The summed E-state index contributed by atoms with van der Waals surface area (Å²) in [6.45, 7) is 16.3. The topological polar surface area (TPSA) is 65.4 Å². The van der Waals surface area contributed by atoms with E-state index >= 15 is 0 Å². The predicted octanol–water partition coefficient (Wildman–Crippen LogP) is 6.00. The molecule has 0 aromatic heterocycles. The fourth-order valence-corrected chi connectivity index (χ4v) is 3.93. The van der Waals surface area contributed by atoms with E-state index in [1.807, 2.05) is 37.2 Å². The lowest BCUT2D eigenvalue weighted by atomic mass is 9.97. The number of nitrogens with zero attached hydrogens (tertiary/aromatic N) is 3. The predicted molar refractivity (Wildman–Crippen MR) is 147 cm³/mol. The van der Waals surface area contributed by atoms with Crippen molar-refractivity contribution in [3.63, 3.8) is 0 Å². The number of carbonyl (C=O) groups is 1. The van der Waals surface area contributed by atoms with Crippen LogP contribution < -0.4 is 0 Å². The fraction of sp³-hybridized carbons (Fsp3) is 0.400. The third-order valence-corrected chi connectivity index (χ3v) is 6.30. The van der Waals surface area contributed by atoms with Crippen molar-refractivity contribution in [1.29, 1.82) is 0 Å². The Morgan fingerprint density at radius 3 is 2.53 bits per heavy atom. The normalized spacial score (nSPS) is 17.4. The molecule has 1 aromatic rings. The first kappa shape index (κ1) is 28.5. The highest BCUT2D eigenvalue weighted by atomic mass is 16.5. The smallest absolute Gasteiger partial charge is 0.304 e. The van der Waals surface area contributed by atoms with Gasteiger partial charge in [-0.05, 0) is 51.8 Å². The number of carboxylic acid groups (broad SMARTS) is 1. The average molecular weight is 490 g/mol. The van der Waals surface area contributed by atoms with E-state index in [9.17, 15) is 4.79 Å². The molecule has 2 atom stereocenters. The molecule has 192 valence electrons. The lowest BCUT2D eigenvalue weighted by Gasteiger charge is -2.24. The van der Waals surface area contributed by atoms with Crippen molar-refractivity contribution in [1.82, 2.24) is 9.91 Å². The third-order valence-electron chi connectivity index (χ3n) is 6.30. The Balaban J connectivity index is 2.20. The van der Waals surface area contributed by atoms with Crippen LogP contribution in [0.2, 0.25) is 0 Å². The van der Waals surface area contributed by atoms with Gasteiger partial charge < -0.3 is 14.7 Å². The standard InChI is InChI=1S/C30H39N3O3/c1-9-13-26(18-28(34)35)21(4)16-17-27(11-3)36-20-25(10-2)19-33-24(7)32(8)30(31-33)29-22(5)14-12-15-23(29)6/h10,12,14-17,19,24,26H,2,11,18,20H2,1,3-8H3,(H,34,35)/b21-16+,25-19+,27-17+/t24?,26-/m0/s1. The van der Waals surface area contributed by atoms with Gasteiger partial charge in [-0.3, -0.25) is 4.79 Å². The maximum absolute atomic E-state index is 11.1. The van der Waals surface area contributed by atoms with Crippen molar-refractivity contribution in [2.45, 2.75) is 60.5 Å². The Labute approximate surface area is 216 Å². The molecule has 6 nitrogen and oxygen atoms in total. The summed E-state index contributed by atoms with van der Waals surface area (Å²) >= 11 is 0. The van der Waals surface area contributed by atoms with Gasteiger partial charge in [-0.25, -0.2) is 5.01 Å². The van der Waals surface area contributed by atoms with Crippen LogP contribution in [0.3, 0.4) is 0 Å². The molecule has 1 aliphatic rings. The minimum atomic E-state index is -0.864. The van der Waals surface area contributed by atoms with E-state index in [0.717, 1.165) is 28.3 Å². The SMILES string of the molecule is C=C/C(=C\N1N=C(c2c(C)cccc2C)N(C)C1C)CO/C(=C/C=C(\C)[C@@H](C#CC)CC(=O)O)CC. The maximum atomic E-state index is 11.1. The molecule has 0 radical (unpaired) electrons. The minimum Gasteiger partial charge on any atom is -0.493 e. The monoisotopic (exact) mass is 489 g/mol. The molecular weight excluding hydrogens is 450 g/mol. The molecule has 0 saturated heterocycles. The average Bonchev–Trinajstić information content (AvgIpc) is 3.10. The summed E-state index contributed by atoms with van der Waals surface area (Å²) in [6.07, 6.45) is 8.28. The number of aliphatic carboxylic acids is 1. The van der Waals surface area contributed by atoms with E-state index < -0.39 is 5.97 Å². The summed E-state index contributed by atoms with van der Waals surface area (Å²) in [5, 5.41) is 16.0. The number of aryl methyl sites for hydroxylation is 2. The van der Waals surface area contributed by atoms with Crippen molar-refractivity contribution in [2.75, 3.05) is 13.7 Å². The first-order chi connectivity index (χ1) is 17.1. The van der Waals surface area contributed by atoms with Crippen molar-refractivity contribution in [3.8, 4) is 11.8 Å². The van der Waals surface area contributed by atoms with Crippen LogP contribution in [0.5, 0.6) is 0 Å². The maximum Gasteiger partial charge on any atom is 0.304 e. The van der Waals surface area contributed by atoms with Gasteiger partial charge in [0, 0.05) is 30.8 Å². The summed E-state index contributed by atoms with van der Waals surface area (Å²) in [5.41, 5.74) is 5.35. The number of benzene rings is 1. The van der Waals surface area contributed by atoms with E-state index in [1.165, 1.54) is 11.1 Å². The van der Waals surface area contributed by atoms with E-state index in [0.29, 0.717) is 13.0 Å². The summed E-state index contributed by atoms with van der Waals surface area (Å²) in [7, 11) is 2.06. The number of amidine groups is 1. The van der Waals surface area contributed by atoms with E-state index in [1.54, 1.807) is 13.0 Å². The van der Waals surface area contributed by atoms with Gasteiger partial charge in [0.25, 0.3) is 0 Å². The Kier molecular flexibility index (Phi) is 10.6. The van der Waals surface area contributed by atoms with Gasteiger partial charge >= 0.3 is 5.97 Å². The van der Waals surface area contributed by atoms with Crippen LogP contribution in [0.1, 0.15) is 57.2 Å². The lowest BCUT2D eigenvalue weighted by molar-refractivity contribution is -0.137. The molecule has 2 rings (SSSR count). The third kappa shape index (κ3) is 7.39. The van der Waals surface area contributed by atoms with Crippen LogP contribution >= 0.6 is 0 Å².